The second kappa shape index (κ2) is 8.18. The van der Waals surface area contributed by atoms with Crippen LogP contribution in [-0.2, 0) is 11.8 Å². The molecule has 1 N–H and O–H groups in total. The van der Waals surface area contributed by atoms with E-state index in [9.17, 15) is 13.6 Å². The van der Waals surface area contributed by atoms with E-state index in [-0.39, 0.29) is 17.4 Å². The van der Waals surface area contributed by atoms with Crippen molar-refractivity contribution in [1.29, 1.82) is 0 Å². The van der Waals surface area contributed by atoms with Crippen LogP contribution in [0, 0.1) is 11.6 Å². The van der Waals surface area contributed by atoms with Crippen molar-refractivity contribution in [3.63, 3.8) is 0 Å². The molecule has 3 rings (SSSR count). The first-order valence-electron chi connectivity index (χ1n) is 8.04. The first-order valence-corrected chi connectivity index (χ1v) is 8.41. The van der Waals surface area contributed by atoms with Crippen LogP contribution in [0.3, 0.4) is 0 Å². The second-order valence-electron chi connectivity index (χ2n) is 5.82. The Morgan fingerprint density at radius 3 is 2.78 bits per heavy atom. The molecule has 0 radical (unpaired) electrons. The molecular formula is C19H16ClF2N3O2. The van der Waals surface area contributed by atoms with Gasteiger partial charge in [0.15, 0.2) is 6.61 Å². The smallest absolute Gasteiger partial charge is 0.258 e. The predicted molar refractivity (Wildman–Crippen MR) is 96.5 cm³/mol. The largest absolute Gasteiger partial charge is 0.484 e. The maximum atomic E-state index is 13.6. The molecule has 5 nitrogen and oxygen atoms in total. The van der Waals surface area contributed by atoms with Crippen molar-refractivity contribution in [3.8, 4) is 5.75 Å². The number of carbonyl (C=O) groups is 1. The lowest BCUT2D eigenvalue weighted by molar-refractivity contribution is -0.123. The maximum Gasteiger partial charge on any atom is 0.258 e. The third-order valence-electron chi connectivity index (χ3n) is 3.86. The van der Waals surface area contributed by atoms with E-state index in [1.165, 1.54) is 24.3 Å². The summed E-state index contributed by atoms with van der Waals surface area (Å²) in [6.45, 7) is -0.321. The van der Waals surface area contributed by atoms with Crippen molar-refractivity contribution in [2.75, 3.05) is 6.61 Å². The topological polar surface area (TPSA) is 56.2 Å². The van der Waals surface area contributed by atoms with Gasteiger partial charge in [-0.3, -0.25) is 4.79 Å². The van der Waals surface area contributed by atoms with Gasteiger partial charge in [0.2, 0.25) is 0 Å². The average molecular weight is 392 g/mol. The molecular weight excluding hydrogens is 376 g/mol. The van der Waals surface area contributed by atoms with Crippen molar-refractivity contribution in [1.82, 2.24) is 14.9 Å². The first kappa shape index (κ1) is 18.8. The summed E-state index contributed by atoms with van der Waals surface area (Å²) in [5.41, 5.74) is 0.544. The van der Waals surface area contributed by atoms with Crippen LogP contribution in [0.5, 0.6) is 5.75 Å². The SMILES string of the molecule is Cn1ccnc1C(NC(=O)COc1ccc(F)c(Cl)c1)c1cccc(F)c1. The Kier molecular flexibility index (Phi) is 5.71. The lowest BCUT2D eigenvalue weighted by Crippen LogP contribution is -2.34. The highest BCUT2D eigenvalue weighted by Crippen LogP contribution is 2.22. The van der Waals surface area contributed by atoms with Gasteiger partial charge in [-0.25, -0.2) is 13.8 Å². The van der Waals surface area contributed by atoms with Crippen LogP contribution in [0.2, 0.25) is 5.02 Å². The molecule has 0 aliphatic heterocycles. The van der Waals surface area contributed by atoms with E-state index in [1.807, 2.05) is 0 Å². The minimum atomic E-state index is -0.659. The van der Waals surface area contributed by atoms with Crippen LogP contribution in [0.15, 0.2) is 54.9 Å². The van der Waals surface area contributed by atoms with Crippen LogP contribution < -0.4 is 10.1 Å². The molecule has 1 amide bonds. The van der Waals surface area contributed by atoms with Gasteiger partial charge in [0.25, 0.3) is 5.91 Å². The molecule has 2 aromatic carbocycles. The molecule has 1 atom stereocenters. The van der Waals surface area contributed by atoms with Gasteiger partial charge in [0, 0.05) is 25.5 Å². The molecule has 0 aliphatic rings. The molecule has 0 aliphatic carbocycles. The van der Waals surface area contributed by atoms with Gasteiger partial charge in [-0.2, -0.15) is 0 Å². The number of nitrogens with one attached hydrogen (secondary N) is 1. The monoisotopic (exact) mass is 391 g/mol. The zero-order chi connectivity index (χ0) is 19.4. The number of aryl methyl sites for hydroxylation is 1. The molecule has 1 aromatic heterocycles. The summed E-state index contributed by atoms with van der Waals surface area (Å²) >= 11 is 5.69. The van der Waals surface area contributed by atoms with Crippen molar-refractivity contribution in [2.45, 2.75) is 6.04 Å². The third-order valence-corrected chi connectivity index (χ3v) is 4.15. The van der Waals surface area contributed by atoms with Gasteiger partial charge in [0.1, 0.15) is 29.3 Å². The highest BCUT2D eigenvalue weighted by Gasteiger charge is 2.21. The number of carbonyl (C=O) groups excluding carboxylic acids is 1. The fourth-order valence-electron chi connectivity index (χ4n) is 2.56. The lowest BCUT2D eigenvalue weighted by atomic mass is 10.1. The van der Waals surface area contributed by atoms with Crippen molar-refractivity contribution in [3.05, 3.63) is 82.9 Å². The number of amides is 1. The highest BCUT2D eigenvalue weighted by molar-refractivity contribution is 6.30. The van der Waals surface area contributed by atoms with E-state index in [0.29, 0.717) is 11.4 Å². The molecule has 8 heteroatoms. The summed E-state index contributed by atoms with van der Waals surface area (Å²) in [7, 11) is 1.78. The number of aromatic nitrogens is 2. The molecule has 0 saturated carbocycles. The fraction of sp³-hybridized carbons (Fsp3) is 0.158. The van der Waals surface area contributed by atoms with E-state index >= 15 is 0 Å². The highest BCUT2D eigenvalue weighted by atomic mass is 35.5. The first-order chi connectivity index (χ1) is 12.9. The van der Waals surface area contributed by atoms with Crippen LogP contribution >= 0.6 is 11.6 Å². The Bertz CT molecular complexity index is 962. The van der Waals surface area contributed by atoms with Crippen LogP contribution in [0.1, 0.15) is 17.4 Å². The van der Waals surface area contributed by atoms with Crippen LogP contribution in [0.4, 0.5) is 8.78 Å². The maximum absolute atomic E-state index is 13.6. The summed E-state index contributed by atoms with van der Waals surface area (Å²) in [6, 6.07) is 9.06. The van der Waals surface area contributed by atoms with Gasteiger partial charge in [-0.1, -0.05) is 23.7 Å². The number of rotatable bonds is 6. The van der Waals surface area contributed by atoms with E-state index in [0.717, 1.165) is 6.07 Å². The Labute approximate surface area is 159 Å². The Balaban J connectivity index is 1.74. The van der Waals surface area contributed by atoms with Crippen molar-refractivity contribution in [2.24, 2.45) is 7.05 Å². The minimum Gasteiger partial charge on any atom is -0.484 e. The van der Waals surface area contributed by atoms with Gasteiger partial charge >= 0.3 is 0 Å². The average Bonchev–Trinajstić information content (AvgIpc) is 3.06. The van der Waals surface area contributed by atoms with Gasteiger partial charge < -0.3 is 14.6 Å². The van der Waals surface area contributed by atoms with Crippen molar-refractivity contribution >= 4 is 17.5 Å². The molecule has 27 heavy (non-hydrogen) atoms. The Hall–Kier alpha value is -2.93. The van der Waals surface area contributed by atoms with Crippen LogP contribution in [0.25, 0.3) is 0 Å². The molecule has 0 spiro atoms. The van der Waals surface area contributed by atoms with E-state index in [4.69, 9.17) is 16.3 Å². The third kappa shape index (κ3) is 4.62. The Morgan fingerprint density at radius 2 is 2.11 bits per heavy atom. The molecule has 0 fully saturated rings. The number of hydrogen-bond acceptors (Lipinski definition) is 3. The standard InChI is InChI=1S/C19H16ClF2N3O2/c1-25-8-7-23-19(25)18(12-3-2-4-13(21)9-12)24-17(26)11-27-14-5-6-16(22)15(20)10-14/h2-10,18H,11H2,1H3,(H,24,26). The number of nitrogens with zero attached hydrogens (tertiary/aromatic N) is 2. The van der Waals surface area contributed by atoms with Gasteiger partial charge in [-0.05, 0) is 29.8 Å². The lowest BCUT2D eigenvalue weighted by Gasteiger charge is -2.19. The Morgan fingerprint density at radius 1 is 1.30 bits per heavy atom. The molecule has 3 aromatic rings. The summed E-state index contributed by atoms with van der Waals surface area (Å²) in [5.74, 6) is -0.644. The minimum absolute atomic E-state index is 0.0986. The van der Waals surface area contributed by atoms with Crippen LogP contribution in [-0.4, -0.2) is 22.1 Å². The molecule has 1 unspecified atom stereocenters. The second-order valence-corrected chi connectivity index (χ2v) is 6.22. The summed E-state index contributed by atoms with van der Waals surface area (Å²) < 4.78 is 33.9. The fourth-order valence-corrected chi connectivity index (χ4v) is 2.73. The summed E-state index contributed by atoms with van der Waals surface area (Å²) in [5, 5.41) is 2.68. The van der Waals surface area contributed by atoms with E-state index in [2.05, 4.69) is 10.3 Å². The van der Waals surface area contributed by atoms with E-state index < -0.39 is 23.6 Å². The van der Waals surface area contributed by atoms with E-state index in [1.54, 1.807) is 36.1 Å². The predicted octanol–water partition coefficient (Wildman–Crippen LogP) is 3.64. The molecule has 0 bridgehead atoms. The number of ether oxygens (including phenoxy) is 1. The van der Waals surface area contributed by atoms with Crippen molar-refractivity contribution < 1.29 is 18.3 Å². The number of hydrogen-bond donors (Lipinski definition) is 1. The number of benzene rings is 2. The van der Waals surface area contributed by atoms with Gasteiger partial charge in [-0.15, -0.1) is 0 Å². The zero-order valence-corrected chi connectivity index (χ0v) is 15.1. The number of imidazole rings is 1. The summed E-state index contributed by atoms with van der Waals surface area (Å²) in [6.07, 6.45) is 3.32. The number of halogens is 3. The quantitative estimate of drug-likeness (QED) is 0.698. The molecule has 1 heterocycles. The normalized spacial score (nSPS) is 11.9. The molecule has 140 valence electrons. The zero-order valence-electron chi connectivity index (χ0n) is 14.3. The molecule has 0 saturated heterocycles. The summed E-state index contributed by atoms with van der Waals surface area (Å²) in [4.78, 5) is 16.6. The van der Waals surface area contributed by atoms with Gasteiger partial charge in [0.05, 0.1) is 5.02 Å².